The van der Waals surface area contributed by atoms with Crippen LogP contribution in [0.4, 0.5) is 0 Å². The van der Waals surface area contributed by atoms with Gasteiger partial charge in [0.05, 0.1) is 18.1 Å². The predicted molar refractivity (Wildman–Crippen MR) is 84.4 cm³/mol. The Morgan fingerprint density at radius 2 is 2.09 bits per heavy atom. The molecule has 0 aliphatic carbocycles. The summed E-state index contributed by atoms with van der Waals surface area (Å²) in [4.78, 5) is 25.1. The molecule has 0 radical (unpaired) electrons. The number of carbonyl (C=O) groups is 1. The van der Waals surface area contributed by atoms with Crippen molar-refractivity contribution in [3.8, 4) is 0 Å². The Morgan fingerprint density at radius 3 is 2.73 bits per heavy atom. The van der Waals surface area contributed by atoms with Crippen molar-refractivity contribution in [3.63, 3.8) is 0 Å². The molecule has 2 N–H and O–H groups in total. The van der Waals surface area contributed by atoms with E-state index in [2.05, 4.69) is 19.8 Å². The number of β-amino-alcohol motifs (C(OH)–C–C–N with tert-alkyl or cyclic N) is 1. The van der Waals surface area contributed by atoms with E-state index < -0.39 is 6.10 Å². The SMILES string of the molecule is Cc1[nH]cnc1CN1CCN(CCC(=O)N(C)C)CC(O)C1. The molecule has 1 aliphatic heterocycles. The van der Waals surface area contributed by atoms with Gasteiger partial charge in [0, 0.05) is 65.5 Å². The lowest BCUT2D eigenvalue weighted by molar-refractivity contribution is -0.129. The van der Waals surface area contributed by atoms with Gasteiger partial charge in [-0.25, -0.2) is 4.98 Å². The number of nitrogens with one attached hydrogen (secondary N) is 1. The fourth-order valence-corrected chi connectivity index (χ4v) is 2.70. The highest BCUT2D eigenvalue weighted by molar-refractivity contribution is 5.75. The van der Waals surface area contributed by atoms with Crippen molar-refractivity contribution in [2.45, 2.75) is 26.0 Å². The van der Waals surface area contributed by atoms with Crippen LogP contribution in [-0.4, -0.2) is 88.6 Å². The van der Waals surface area contributed by atoms with Crippen LogP contribution in [-0.2, 0) is 11.3 Å². The number of H-pyrrole nitrogens is 1. The molecule has 7 heteroatoms. The second-order valence-corrected chi connectivity index (χ2v) is 6.20. The maximum absolute atomic E-state index is 11.7. The molecule has 1 aromatic rings. The Bertz CT molecular complexity index is 488. The van der Waals surface area contributed by atoms with Crippen LogP contribution in [0.25, 0.3) is 0 Å². The molecule has 1 aromatic heterocycles. The number of aromatic nitrogens is 2. The minimum atomic E-state index is -0.392. The third-order valence-electron chi connectivity index (χ3n) is 4.12. The summed E-state index contributed by atoms with van der Waals surface area (Å²) < 4.78 is 0. The number of aliphatic hydroxyl groups excluding tert-OH is 1. The smallest absolute Gasteiger partial charge is 0.223 e. The van der Waals surface area contributed by atoms with Gasteiger partial charge >= 0.3 is 0 Å². The first-order valence-corrected chi connectivity index (χ1v) is 7.77. The average Bonchev–Trinajstić information content (AvgIpc) is 2.76. The lowest BCUT2D eigenvalue weighted by Gasteiger charge is -2.21. The highest BCUT2D eigenvalue weighted by Crippen LogP contribution is 2.10. The summed E-state index contributed by atoms with van der Waals surface area (Å²) in [5, 5.41) is 10.2. The van der Waals surface area contributed by atoms with Gasteiger partial charge in [0.1, 0.15) is 0 Å². The van der Waals surface area contributed by atoms with Gasteiger partial charge in [-0.15, -0.1) is 0 Å². The van der Waals surface area contributed by atoms with E-state index in [1.54, 1.807) is 25.3 Å². The van der Waals surface area contributed by atoms with Crippen molar-refractivity contribution in [3.05, 3.63) is 17.7 Å². The van der Waals surface area contributed by atoms with E-state index in [0.29, 0.717) is 26.1 Å². The number of amides is 1. The molecule has 1 amide bonds. The summed E-state index contributed by atoms with van der Waals surface area (Å²) in [6, 6.07) is 0. The molecule has 124 valence electrons. The zero-order valence-electron chi connectivity index (χ0n) is 13.7. The lowest BCUT2D eigenvalue weighted by Crippen LogP contribution is -2.35. The van der Waals surface area contributed by atoms with Gasteiger partial charge in [0.15, 0.2) is 0 Å². The number of carbonyl (C=O) groups excluding carboxylic acids is 1. The second-order valence-electron chi connectivity index (χ2n) is 6.20. The molecule has 22 heavy (non-hydrogen) atoms. The Hall–Kier alpha value is -1.44. The van der Waals surface area contributed by atoms with Crippen molar-refractivity contribution >= 4 is 5.91 Å². The zero-order valence-corrected chi connectivity index (χ0v) is 13.7. The van der Waals surface area contributed by atoms with E-state index in [9.17, 15) is 9.90 Å². The number of nitrogens with zero attached hydrogens (tertiary/aromatic N) is 4. The quantitative estimate of drug-likeness (QED) is 0.779. The molecular weight excluding hydrogens is 282 g/mol. The van der Waals surface area contributed by atoms with Crippen LogP contribution >= 0.6 is 0 Å². The van der Waals surface area contributed by atoms with Crippen LogP contribution in [0.2, 0.25) is 0 Å². The average molecular weight is 309 g/mol. The second kappa shape index (κ2) is 7.71. The Kier molecular flexibility index (Phi) is 5.93. The van der Waals surface area contributed by atoms with Gasteiger partial charge in [-0.3, -0.25) is 14.6 Å². The largest absolute Gasteiger partial charge is 0.390 e. The summed E-state index contributed by atoms with van der Waals surface area (Å²) >= 11 is 0. The number of hydrogen-bond acceptors (Lipinski definition) is 5. The maximum atomic E-state index is 11.7. The van der Waals surface area contributed by atoms with Gasteiger partial charge in [-0.05, 0) is 6.92 Å². The van der Waals surface area contributed by atoms with Crippen LogP contribution < -0.4 is 0 Å². The van der Waals surface area contributed by atoms with Gasteiger partial charge in [-0.1, -0.05) is 0 Å². The summed E-state index contributed by atoms with van der Waals surface area (Å²) in [6.45, 7) is 6.46. The third kappa shape index (κ3) is 4.79. The third-order valence-corrected chi connectivity index (χ3v) is 4.12. The Labute approximate surface area is 131 Å². The number of aryl methyl sites for hydroxylation is 1. The molecular formula is C15H27N5O2. The summed E-state index contributed by atoms with van der Waals surface area (Å²) in [6.07, 6.45) is 1.81. The van der Waals surface area contributed by atoms with E-state index >= 15 is 0 Å². The molecule has 2 rings (SSSR count). The zero-order chi connectivity index (χ0) is 16.1. The number of aromatic amines is 1. The molecule has 0 aromatic carbocycles. The van der Waals surface area contributed by atoms with Crippen molar-refractivity contribution in [2.75, 3.05) is 46.8 Å². The lowest BCUT2D eigenvalue weighted by atomic mass is 10.3. The molecule has 0 saturated carbocycles. The number of aliphatic hydroxyl groups is 1. The molecule has 1 atom stereocenters. The Morgan fingerprint density at radius 1 is 1.41 bits per heavy atom. The monoisotopic (exact) mass is 309 g/mol. The molecule has 1 aliphatic rings. The topological polar surface area (TPSA) is 75.7 Å². The fraction of sp³-hybridized carbons (Fsp3) is 0.733. The van der Waals surface area contributed by atoms with Crippen molar-refractivity contribution in [1.82, 2.24) is 24.7 Å². The first-order chi connectivity index (χ1) is 10.5. The van der Waals surface area contributed by atoms with Crippen LogP contribution in [0.5, 0.6) is 0 Å². The van der Waals surface area contributed by atoms with Crippen molar-refractivity contribution in [2.24, 2.45) is 0 Å². The van der Waals surface area contributed by atoms with E-state index in [0.717, 1.165) is 31.0 Å². The number of rotatable bonds is 5. The fourth-order valence-electron chi connectivity index (χ4n) is 2.70. The van der Waals surface area contributed by atoms with E-state index in [4.69, 9.17) is 0 Å². The van der Waals surface area contributed by atoms with Gasteiger partial charge in [-0.2, -0.15) is 0 Å². The normalized spacial score (nSPS) is 20.8. The minimum Gasteiger partial charge on any atom is -0.390 e. The molecule has 1 saturated heterocycles. The van der Waals surface area contributed by atoms with Crippen LogP contribution in [0.15, 0.2) is 6.33 Å². The Balaban J connectivity index is 1.85. The van der Waals surface area contributed by atoms with E-state index in [1.165, 1.54) is 0 Å². The van der Waals surface area contributed by atoms with E-state index in [1.807, 2.05) is 6.92 Å². The molecule has 1 fully saturated rings. The molecule has 2 heterocycles. The first-order valence-electron chi connectivity index (χ1n) is 7.77. The summed E-state index contributed by atoms with van der Waals surface area (Å²) in [7, 11) is 3.54. The van der Waals surface area contributed by atoms with Crippen molar-refractivity contribution in [1.29, 1.82) is 0 Å². The number of hydrogen-bond donors (Lipinski definition) is 2. The maximum Gasteiger partial charge on any atom is 0.223 e. The standard InChI is InChI=1S/C15H27N5O2/c1-12-14(17-11-16-12)10-20-7-6-19(8-13(21)9-20)5-4-15(22)18(2)3/h11,13,21H,4-10H2,1-3H3,(H,16,17). The minimum absolute atomic E-state index is 0.128. The summed E-state index contributed by atoms with van der Waals surface area (Å²) in [5.41, 5.74) is 2.11. The molecule has 0 bridgehead atoms. The van der Waals surface area contributed by atoms with Crippen LogP contribution in [0, 0.1) is 6.92 Å². The molecule has 7 nitrogen and oxygen atoms in total. The van der Waals surface area contributed by atoms with Gasteiger partial charge in [0.2, 0.25) is 5.91 Å². The number of imidazole rings is 1. The molecule has 1 unspecified atom stereocenters. The molecule has 0 spiro atoms. The van der Waals surface area contributed by atoms with Crippen LogP contribution in [0.1, 0.15) is 17.8 Å². The van der Waals surface area contributed by atoms with Gasteiger partial charge < -0.3 is 15.0 Å². The predicted octanol–water partition coefficient (Wildman–Crippen LogP) is -0.325. The first kappa shape index (κ1) is 16.9. The highest BCUT2D eigenvalue weighted by Gasteiger charge is 2.22. The highest BCUT2D eigenvalue weighted by atomic mass is 16.3. The van der Waals surface area contributed by atoms with E-state index in [-0.39, 0.29) is 5.91 Å². The van der Waals surface area contributed by atoms with Gasteiger partial charge in [0.25, 0.3) is 0 Å². The summed E-state index contributed by atoms with van der Waals surface area (Å²) in [5.74, 6) is 0.128. The van der Waals surface area contributed by atoms with Crippen molar-refractivity contribution < 1.29 is 9.90 Å². The van der Waals surface area contributed by atoms with Crippen LogP contribution in [0.3, 0.4) is 0 Å².